The number of hydrogen-bond acceptors (Lipinski definition) is 5. The van der Waals surface area contributed by atoms with E-state index in [-0.39, 0.29) is 23.2 Å². The number of ether oxygens (including phenoxy) is 2. The minimum Gasteiger partial charge on any atom is -0.489 e. The van der Waals surface area contributed by atoms with Crippen LogP contribution in [0.3, 0.4) is 0 Å². The molecule has 1 atom stereocenters. The molecular weight excluding hydrogens is 468 g/mol. The Morgan fingerprint density at radius 1 is 1.11 bits per heavy atom. The maximum absolute atomic E-state index is 12.8. The highest BCUT2D eigenvalue weighted by atomic mass is 35.5. The van der Waals surface area contributed by atoms with Gasteiger partial charge in [-0.25, -0.2) is 9.78 Å². The summed E-state index contributed by atoms with van der Waals surface area (Å²) in [5.74, 6) is -0.631. The van der Waals surface area contributed by atoms with E-state index >= 15 is 0 Å². The number of carboxylic acid groups (broad SMARTS) is 1. The highest BCUT2D eigenvalue weighted by Crippen LogP contribution is 2.31. The normalized spacial score (nSPS) is 11.9. The summed E-state index contributed by atoms with van der Waals surface area (Å²) in [6.07, 6.45) is 0.789. The second-order valence-electron chi connectivity index (χ2n) is 8.17. The lowest BCUT2D eigenvalue weighted by Crippen LogP contribution is -2.16. The van der Waals surface area contributed by atoms with Crippen molar-refractivity contribution in [3.63, 3.8) is 0 Å². The largest absolute Gasteiger partial charge is 0.489 e. The SMILES string of the molecule is CCc1nc2c(C)cc(C(C(=O)OC)c3ccc(OCc4cccc(C(=O)O)c4Cl)cc3)cc2[nH]1. The van der Waals surface area contributed by atoms with Crippen LogP contribution < -0.4 is 4.74 Å². The number of carbonyl (C=O) groups is 2. The summed E-state index contributed by atoms with van der Waals surface area (Å²) >= 11 is 6.20. The number of esters is 1. The molecule has 0 fully saturated rings. The number of benzene rings is 3. The molecule has 35 heavy (non-hydrogen) atoms. The average molecular weight is 493 g/mol. The Bertz CT molecular complexity index is 1390. The van der Waals surface area contributed by atoms with Crippen LogP contribution in [-0.4, -0.2) is 34.1 Å². The number of halogens is 1. The maximum atomic E-state index is 12.8. The Morgan fingerprint density at radius 2 is 1.86 bits per heavy atom. The molecule has 0 aliphatic carbocycles. The van der Waals surface area contributed by atoms with Crippen LogP contribution in [0.4, 0.5) is 0 Å². The van der Waals surface area contributed by atoms with Crippen LogP contribution in [0, 0.1) is 6.92 Å². The lowest BCUT2D eigenvalue weighted by molar-refractivity contribution is -0.141. The van der Waals surface area contributed by atoms with Gasteiger partial charge in [-0.05, 0) is 47.9 Å². The van der Waals surface area contributed by atoms with Gasteiger partial charge in [-0.15, -0.1) is 0 Å². The van der Waals surface area contributed by atoms with Gasteiger partial charge in [-0.1, -0.05) is 48.9 Å². The molecular formula is C27H25ClN2O5. The van der Waals surface area contributed by atoms with Gasteiger partial charge in [0.05, 0.1) is 28.7 Å². The van der Waals surface area contributed by atoms with Crippen LogP contribution in [0.1, 0.15) is 51.3 Å². The van der Waals surface area contributed by atoms with Crippen molar-refractivity contribution in [1.82, 2.24) is 9.97 Å². The predicted molar refractivity (Wildman–Crippen MR) is 133 cm³/mol. The molecule has 1 aromatic heterocycles. The Morgan fingerprint density at radius 3 is 2.51 bits per heavy atom. The molecule has 0 aliphatic heterocycles. The zero-order valence-electron chi connectivity index (χ0n) is 19.6. The zero-order chi connectivity index (χ0) is 25.1. The summed E-state index contributed by atoms with van der Waals surface area (Å²) < 4.78 is 10.9. The third kappa shape index (κ3) is 5.00. The molecule has 0 amide bonds. The number of aromatic carboxylic acids is 1. The van der Waals surface area contributed by atoms with Crippen LogP contribution in [0.15, 0.2) is 54.6 Å². The van der Waals surface area contributed by atoms with E-state index in [2.05, 4.69) is 9.97 Å². The van der Waals surface area contributed by atoms with Crippen LogP contribution in [0.5, 0.6) is 5.75 Å². The molecule has 1 heterocycles. The van der Waals surface area contributed by atoms with Crippen molar-refractivity contribution in [1.29, 1.82) is 0 Å². The second kappa shape index (κ2) is 10.2. The molecule has 1 unspecified atom stereocenters. The number of aromatic amines is 1. The molecule has 4 aromatic rings. The quantitative estimate of drug-likeness (QED) is 0.307. The lowest BCUT2D eigenvalue weighted by Gasteiger charge is -2.17. The Hall–Kier alpha value is -3.84. The molecule has 0 bridgehead atoms. The summed E-state index contributed by atoms with van der Waals surface area (Å²) in [5.41, 5.74) is 4.90. The van der Waals surface area contributed by atoms with Crippen molar-refractivity contribution in [3.8, 4) is 5.75 Å². The number of carbonyl (C=O) groups excluding carboxylic acids is 1. The molecule has 0 spiro atoms. The Balaban J connectivity index is 1.59. The number of carboxylic acids is 1. The fourth-order valence-corrected chi connectivity index (χ4v) is 4.32. The number of fused-ring (bicyclic) bond motifs is 1. The molecule has 4 rings (SSSR count). The van der Waals surface area contributed by atoms with Crippen LogP contribution in [-0.2, 0) is 22.6 Å². The van der Waals surface area contributed by atoms with Crippen LogP contribution in [0.25, 0.3) is 11.0 Å². The van der Waals surface area contributed by atoms with E-state index in [1.807, 2.05) is 38.1 Å². The first-order chi connectivity index (χ1) is 16.8. The molecule has 7 nitrogen and oxygen atoms in total. The van der Waals surface area contributed by atoms with E-state index in [4.69, 9.17) is 21.1 Å². The summed E-state index contributed by atoms with van der Waals surface area (Å²) in [6, 6.07) is 15.8. The second-order valence-corrected chi connectivity index (χ2v) is 8.55. The first-order valence-corrected chi connectivity index (χ1v) is 11.5. The minimum absolute atomic E-state index is 0.0274. The number of nitrogens with one attached hydrogen (secondary N) is 1. The molecule has 8 heteroatoms. The third-order valence-electron chi connectivity index (χ3n) is 5.87. The third-order valence-corrected chi connectivity index (χ3v) is 6.32. The molecule has 2 N–H and O–H groups in total. The van der Waals surface area contributed by atoms with Crippen molar-refractivity contribution < 1.29 is 24.2 Å². The summed E-state index contributed by atoms with van der Waals surface area (Å²) in [5, 5.41) is 9.39. The summed E-state index contributed by atoms with van der Waals surface area (Å²) in [6.45, 7) is 4.11. The van der Waals surface area contributed by atoms with Gasteiger partial charge in [0.15, 0.2) is 0 Å². The minimum atomic E-state index is -1.09. The Kier molecular flexibility index (Phi) is 7.07. The first-order valence-electron chi connectivity index (χ1n) is 11.1. The molecule has 180 valence electrons. The Labute approximate surface area is 207 Å². The van der Waals surface area contributed by atoms with Gasteiger partial charge in [0.25, 0.3) is 0 Å². The maximum Gasteiger partial charge on any atom is 0.337 e. The number of H-pyrrole nitrogens is 1. The molecule has 0 saturated heterocycles. The van der Waals surface area contributed by atoms with Gasteiger partial charge in [0.1, 0.15) is 24.1 Å². The van der Waals surface area contributed by atoms with Gasteiger partial charge in [-0.3, -0.25) is 4.79 Å². The van der Waals surface area contributed by atoms with Crippen molar-refractivity contribution in [3.05, 3.63) is 93.3 Å². The highest BCUT2D eigenvalue weighted by Gasteiger charge is 2.25. The first kappa shape index (κ1) is 24.3. The van der Waals surface area contributed by atoms with Crippen LogP contribution in [0.2, 0.25) is 5.02 Å². The van der Waals surface area contributed by atoms with Gasteiger partial charge in [-0.2, -0.15) is 0 Å². The van der Waals surface area contributed by atoms with Gasteiger partial charge in [0, 0.05) is 12.0 Å². The van der Waals surface area contributed by atoms with E-state index in [1.54, 1.807) is 24.3 Å². The molecule has 0 radical (unpaired) electrons. The van der Waals surface area contributed by atoms with Crippen molar-refractivity contribution >= 4 is 34.6 Å². The van der Waals surface area contributed by atoms with E-state index in [1.165, 1.54) is 13.2 Å². The van der Waals surface area contributed by atoms with Crippen LogP contribution >= 0.6 is 11.6 Å². The fraction of sp³-hybridized carbons (Fsp3) is 0.222. The zero-order valence-corrected chi connectivity index (χ0v) is 20.3. The summed E-state index contributed by atoms with van der Waals surface area (Å²) in [7, 11) is 1.37. The van der Waals surface area contributed by atoms with Crippen molar-refractivity contribution in [2.45, 2.75) is 32.8 Å². The van der Waals surface area contributed by atoms with E-state index in [9.17, 15) is 14.7 Å². The number of aryl methyl sites for hydroxylation is 2. The van der Waals surface area contributed by atoms with Crippen molar-refractivity contribution in [2.75, 3.05) is 7.11 Å². The smallest absolute Gasteiger partial charge is 0.337 e. The number of methoxy groups -OCH3 is 1. The van der Waals surface area contributed by atoms with Gasteiger partial charge < -0.3 is 19.6 Å². The molecule has 0 saturated carbocycles. The van der Waals surface area contributed by atoms with Gasteiger partial charge >= 0.3 is 11.9 Å². The highest BCUT2D eigenvalue weighted by molar-refractivity contribution is 6.34. The number of imidazole rings is 1. The summed E-state index contributed by atoms with van der Waals surface area (Å²) in [4.78, 5) is 32.0. The predicted octanol–water partition coefficient (Wildman–Crippen LogP) is 5.67. The topological polar surface area (TPSA) is 102 Å². The average Bonchev–Trinajstić information content (AvgIpc) is 3.28. The monoisotopic (exact) mass is 492 g/mol. The van der Waals surface area contributed by atoms with E-state index < -0.39 is 11.9 Å². The van der Waals surface area contributed by atoms with Crippen molar-refractivity contribution in [2.24, 2.45) is 0 Å². The molecule has 3 aromatic carbocycles. The van der Waals surface area contributed by atoms with E-state index in [0.29, 0.717) is 11.3 Å². The number of rotatable bonds is 8. The number of aromatic nitrogens is 2. The fourth-order valence-electron chi connectivity index (χ4n) is 4.06. The number of hydrogen-bond donors (Lipinski definition) is 2. The van der Waals surface area contributed by atoms with E-state index in [0.717, 1.165) is 40.0 Å². The van der Waals surface area contributed by atoms with Gasteiger partial charge in [0.2, 0.25) is 0 Å². The lowest BCUT2D eigenvalue weighted by atomic mass is 9.90. The standard InChI is InChI=1S/C27H25ClN2O5/c1-4-22-29-21-13-18(12-15(2)25(21)30-22)23(27(33)34-3)16-8-10-19(11-9-16)35-14-17-6-5-7-20(24(17)28)26(31)32/h5-13,23H,4,14H2,1-3H3,(H,29,30)(H,31,32). The molecule has 0 aliphatic rings. The number of nitrogens with zero attached hydrogens (tertiary/aromatic N) is 1.